The molecule has 2 heteroatoms. The Bertz CT molecular complexity index is 145. The van der Waals surface area contributed by atoms with E-state index in [2.05, 4.69) is 32.7 Å². The van der Waals surface area contributed by atoms with Gasteiger partial charge in [0.2, 0.25) is 0 Å². The van der Waals surface area contributed by atoms with Crippen molar-refractivity contribution in [1.29, 1.82) is 0 Å². The van der Waals surface area contributed by atoms with Gasteiger partial charge in [0.05, 0.1) is 6.10 Å². The molecule has 0 saturated carbocycles. The number of piperidine rings is 1. The predicted molar refractivity (Wildman–Crippen MR) is 57.8 cm³/mol. The Hall–Kier alpha value is -0.0800. The van der Waals surface area contributed by atoms with Gasteiger partial charge < -0.3 is 10.0 Å². The molecule has 0 aromatic carbocycles. The molecule has 1 aliphatic rings. The van der Waals surface area contributed by atoms with Crippen LogP contribution in [-0.4, -0.2) is 35.2 Å². The molecule has 0 bridgehead atoms. The largest absolute Gasteiger partial charge is 0.393 e. The smallest absolute Gasteiger partial charge is 0.0595 e. The summed E-state index contributed by atoms with van der Waals surface area (Å²) in [6, 6.07) is 0. The number of nitrogens with zero attached hydrogens (tertiary/aromatic N) is 1. The van der Waals surface area contributed by atoms with Gasteiger partial charge in [0.1, 0.15) is 0 Å². The highest BCUT2D eigenvalue weighted by molar-refractivity contribution is 4.92. The summed E-state index contributed by atoms with van der Waals surface area (Å²) in [6.07, 6.45) is 0.808. The minimum absolute atomic E-state index is 0.110. The van der Waals surface area contributed by atoms with Crippen LogP contribution in [0.3, 0.4) is 0 Å². The number of likely N-dealkylation sites (tertiary alicyclic amines) is 1. The molecule has 1 saturated heterocycles. The van der Waals surface area contributed by atoms with Gasteiger partial charge in [-0.1, -0.05) is 20.8 Å². The Morgan fingerprint density at radius 3 is 2.15 bits per heavy atom. The zero-order valence-corrected chi connectivity index (χ0v) is 9.96. The first kappa shape index (κ1) is 12.9. The number of aliphatic hydroxyl groups excluding tert-OH is 1. The van der Waals surface area contributed by atoms with Crippen LogP contribution in [0.1, 0.15) is 41.0 Å². The van der Waals surface area contributed by atoms with Gasteiger partial charge in [-0.15, -0.1) is 0 Å². The van der Waals surface area contributed by atoms with E-state index >= 15 is 0 Å². The van der Waals surface area contributed by atoms with Crippen molar-refractivity contribution in [2.24, 2.45) is 5.92 Å². The van der Waals surface area contributed by atoms with Crippen LogP contribution >= 0.6 is 0 Å². The second-order valence-electron chi connectivity index (χ2n) is 4.22. The van der Waals surface area contributed by atoms with Crippen molar-refractivity contribution in [2.45, 2.75) is 52.7 Å². The zero-order chi connectivity index (χ0) is 10.6. The van der Waals surface area contributed by atoms with E-state index < -0.39 is 0 Å². The van der Waals surface area contributed by atoms with Gasteiger partial charge in [-0.3, -0.25) is 0 Å². The number of hydrogen-bond acceptors (Lipinski definition) is 2. The normalized spacial score (nSPS) is 33.5. The van der Waals surface area contributed by atoms with Crippen molar-refractivity contribution in [2.75, 3.05) is 13.6 Å². The van der Waals surface area contributed by atoms with E-state index in [1.807, 2.05) is 13.8 Å². The van der Waals surface area contributed by atoms with Gasteiger partial charge in [-0.05, 0) is 33.2 Å². The summed E-state index contributed by atoms with van der Waals surface area (Å²) in [5.41, 5.74) is 0.150. The summed E-state index contributed by atoms with van der Waals surface area (Å²) in [5, 5.41) is 9.60. The van der Waals surface area contributed by atoms with Crippen molar-refractivity contribution in [3.8, 4) is 0 Å². The quantitative estimate of drug-likeness (QED) is 0.628. The molecule has 13 heavy (non-hydrogen) atoms. The average Bonchev–Trinajstić information content (AvgIpc) is 2.13. The summed E-state index contributed by atoms with van der Waals surface area (Å²) in [5.74, 6) is 0.376. The van der Waals surface area contributed by atoms with Crippen LogP contribution in [-0.2, 0) is 0 Å². The van der Waals surface area contributed by atoms with Gasteiger partial charge in [-0.25, -0.2) is 0 Å². The molecule has 2 unspecified atom stereocenters. The number of rotatable bonds is 0. The van der Waals surface area contributed by atoms with E-state index in [9.17, 15) is 5.11 Å². The van der Waals surface area contributed by atoms with Crippen molar-refractivity contribution in [1.82, 2.24) is 4.90 Å². The lowest BCUT2D eigenvalue weighted by atomic mass is 9.79. The van der Waals surface area contributed by atoms with Crippen molar-refractivity contribution >= 4 is 0 Å². The lowest BCUT2D eigenvalue weighted by Gasteiger charge is -2.47. The summed E-state index contributed by atoms with van der Waals surface area (Å²) in [4.78, 5) is 2.32. The molecule has 0 radical (unpaired) electrons. The third kappa shape index (κ3) is 2.68. The molecule has 1 aliphatic heterocycles. The summed E-state index contributed by atoms with van der Waals surface area (Å²) < 4.78 is 0. The standard InChI is InChI=1S/C9H19NO.C2H6/c1-7-8(11)5-6-10(4)9(7,2)3;1-2/h7-8,11H,5-6H2,1-4H3;1-2H3. The zero-order valence-electron chi connectivity index (χ0n) is 9.96. The molecule has 0 aromatic heterocycles. The van der Waals surface area contributed by atoms with E-state index in [-0.39, 0.29) is 11.6 Å². The highest BCUT2D eigenvalue weighted by Crippen LogP contribution is 2.31. The summed E-state index contributed by atoms with van der Waals surface area (Å²) >= 11 is 0. The molecule has 1 N–H and O–H groups in total. The molecule has 80 valence electrons. The first-order chi connectivity index (χ1) is 5.96. The van der Waals surface area contributed by atoms with E-state index in [1.54, 1.807) is 0 Å². The molecule has 2 nitrogen and oxygen atoms in total. The Balaban J connectivity index is 0.000000671. The fraction of sp³-hybridized carbons (Fsp3) is 1.00. The van der Waals surface area contributed by atoms with Crippen LogP contribution in [0.2, 0.25) is 0 Å². The van der Waals surface area contributed by atoms with Crippen LogP contribution < -0.4 is 0 Å². The minimum Gasteiger partial charge on any atom is -0.393 e. The van der Waals surface area contributed by atoms with Gasteiger partial charge in [-0.2, -0.15) is 0 Å². The van der Waals surface area contributed by atoms with Crippen molar-refractivity contribution in [3.63, 3.8) is 0 Å². The highest BCUT2D eigenvalue weighted by Gasteiger charge is 2.38. The van der Waals surface area contributed by atoms with Crippen LogP contribution in [0.25, 0.3) is 0 Å². The minimum atomic E-state index is -0.110. The van der Waals surface area contributed by atoms with Crippen LogP contribution in [0.5, 0.6) is 0 Å². The molecule has 2 atom stereocenters. The van der Waals surface area contributed by atoms with E-state index in [1.165, 1.54) is 0 Å². The van der Waals surface area contributed by atoms with Crippen LogP contribution in [0, 0.1) is 5.92 Å². The third-order valence-corrected chi connectivity index (χ3v) is 3.44. The Labute approximate surface area is 82.9 Å². The molecular formula is C11H25NO. The van der Waals surface area contributed by atoms with E-state index in [0.29, 0.717) is 5.92 Å². The maximum Gasteiger partial charge on any atom is 0.0595 e. The fourth-order valence-corrected chi connectivity index (χ4v) is 1.68. The Morgan fingerprint density at radius 1 is 1.31 bits per heavy atom. The number of hydrogen-bond donors (Lipinski definition) is 1. The first-order valence-corrected chi connectivity index (χ1v) is 5.35. The molecule has 0 aliphatic carbocycles. The monoisotopic (exact) mass is 187 g/mol. The fourth-order valence-electron chi connectivity index (χ4n) is 1.68. The molecule has 0 spiro atoms. The second kappa shape index (κ2) is 4.97. The first-order valence-electron chi connectivity index (χ1n) is 5.35. The maximum atomic E-state index is 9.60. The second-order valence-corrected chi connectivity index (χ2v) is 4.22. The van der Waals surface area contributed by atoms with Crippen molar-refractivity contribution in [3.05, 3.63) is 0 Å². The molecule has 1 heterocycles. The number of aliphatic hydroxyl groups is 1. The lowest BCUT2D eigenvalue weighted by molar-refractivity contribution is -0.0402. The van der Waals surface area contributed by atoms with Gasteiger partial charge >= 0.3 is 0 Å². The maximum absolute atomic E-state index is 9.60. The predicted octanol–water partition coefficient (Wildman–Crippen LogP) is 2.12. The van der Waals surface area contributed by atoms with Gasteiger partial charge in [0, 0.05) is 12.1 Å². The Kier molecular flexibility index (Phi) is 4.93. The highest BCUT2D eigenvalue weighted by atomic mass is 16.3. The van der Waals surface area contributed by atoms with Gasteiger partial charge in [0.25, 0.3) is 0 Å². The van der Waals surface area contributed by atoms with Gasteiger partial charge in [0.15, 0.2) is 0 Å². The molecule has 0 amide bonds. The average molecular weight is 187 g/mol. The summed E-state index contributed by atoms with van der Waals surface area (Å²) in [6.45, 7) is 11.5. The Morgan fingerprint density at radius 2 is 1.77 bits per heavy atom. The molecule has 1 rings (SSSR count). The lowest BCUT2D eigenvalue weighted by Crippen LogP contribution is -2.55. The van der Waals surface area contributed by atoms with Crippen molar-refractivity contribution < 1.29 is 5.11 Å². The topological polar surface area (TPSA) is 23.5 Å². The summed E-state index contributed by atoms with van der Waals surface area (Å²) in [7, 11) is 2.13. The van der Waals surface area contributed by atoms with Crippen LogP contribution in [0.15, 0.2) is 0 Å². The molecule has 1 fully saturated rings. The van der Waals surface area contributed by atoms with E-state index in [0.717, 1.165) is 13.0 Å². The molecular weight excluding hydrogens is 162 g/mol. The SMILES string of the molecule is CC.CC1C(O)CCN(C)C1(C)C. The third-order valence-electron chi connectivity index (χ3n) is 3.44. The molecule has 0 aromatic rings. The van der Waals surface area contributed by atoms with E-state index in [4.69, 9.17) is 0 Å². The van der Waals surface area contributed by atoms with Crippen LogP contribution in [0.4, 0.5) is 0 Å².